The lowest BCUT2D eigenvalue weighted by Crippen LogP contribution is -2.17. The maximum Gasteiger partial charge on any atom is 0.512 e. The molecule has 3 rings (SSSR count). The highest BCUT2D eigenvalue weighted by molar-refractivity contribution is 7.90. The van der Waals surface area contributed by atoms with Crippen LogP contribution in [0.1, 0.15) is 26.3 Å². The van der Waals surface area contributed by atoms with Crippen molar-refractivity contribution in [2.45, 2.75) is 31.1 Å². The van der Waals surface area contributed by atoms with E-state index in [0.717, 1.165) is 9.54 Å². The Kier molecular flexibility index (Phi) is 4.69. The van der Waals surface area contributed by atoms with E-state index in [1.165, 1.54) is 30.3 Å². The number of benzene rings is 2. The topological polar surface area (TPSA) is 85.6 Å². The van der Waals surface area contributed by atoms with Crippen LogP contribution in [0.15, 0.2) is 53.4 Å². The molecule has 0 fully saturated rings. The lowest BCUT2D eigenvalue weighted by Gasteiger charge is -2.19. The van der Waals surface area contributed by atoms with Gasteiger partial charge >= 0.3 is 6.16 Å². The first-order valence-corrected chi connectivity index (χ1v) is 9.90. The summed E-state index contributed by atoms with van der Waals surface area (Å²) in [5.41, 5.74) is 1.12. The first-order chi connectivity index (χ1) is 12.5. The molecule has 8 heteroatoms. The molecule has 0 aliphatic rings. The van der Waals surface area contributed by atoms with Gasteiger partial charge in [0.15, 0.2) is 0 Å². The van der Waals surface area contributed by atoms with Crippen molar-refractivity contribution >= 4 is 38.7 Å². The first kappa shape index (κ1) is 19.3. The molecule has 142 valence electrons. The summed E-state index contributed by atoms with van der Waals surface area (Å²) < 4.78 is 32.0. The average Bonchev–Trinajstić information content (AvgIpc) is 2.90. The lowest BCUT2D eigenvalue weighted by atomic mass is 9.87. The number of aromatic nitrogens is 1. The van der Waals surface area contributed by atoms with Crippen molar-refractivity contribution in [2.75, 3.05) is 0 Å². The monoisotopic (exact) mass is 407 g/mol. The molecule has 27 heavy (non-hydrogen) atoms. The lowest BCUT2D eigenvalue weighted by molar-refractivity contribution is 0.142. The zero-order valence-electron chi connectivity index (χ0n) is 14.9. The molecule has 0 radical (unpaired) electrons. The third-order valence-electron chi connectivity index (χ3n) is 4.14. The average molecular weight is 408 g/mol. The molecule has 0 amide bonds. The smallest absolute Gasteiger partial charge is 0.449 e. The summed E-state index contributed by atoms with van der Waals surface area (Å²) in [6, 6.07) is 12.4. The largest absolute Gasteiger partial charge is 0.512 e. The zero-order chi connectivity index (χ0) is 20.0. The summed E-state index contributed by atoms with van der Waals surface area (Å²) in [5, 5.41) is 9.83. The van der Waals surface area contributed by atoms with E-state index in [4.69, 9.17) is 21.4 Å². The van der Waals surface area contributed by atoms with Gasteiger partial charge in [0.05, 0.1) is 10.4 Å². The van der Waals surface area contributed by atoms with Crippen molar-refractivity contribution < 1.29 is 23.1 Å². The van der Waals surface area contributed by atoms with Crippen LogP contribution in [-0.2, 0) is 15.4 Å². The van der Waals surface area contributed by atoms with Gasteiger partial charge < -0.3 is 9.84 Å². The number of carboxylic acid groups (broad SMARTS) is 1. The van der Waals surface area contributed by atoms with E-state index < -0.39 is 16.2 Å². The molecule has 0 saturated heterocycles. The second-order valence-corrected chi connectivity index (χ2v) is 9.32. The minimum atomic E-state index is -4.09. The van der Waals surface area contributed by atoms with Gasteiger partial charge in [0.2, 0.25) is 5.88 Å². The van der Waals surface area contributed by atoms with Gasteiger partial charge in [0.1, 0.15) is 0 Å². The van der Waals surface area contributed by atoms with E-state index in [1.54, 1.807) is 18.2 Å². The number of hydrogen-bond acceptors (Lipinski definition) is 4. The Morgan fingerprint density at radius 2 is 1.70 bits per heavy atom. The molecule has 1 aromatic heterocycles. The summed E-state index contributed by atoms with van der Waals surface area (Å²) in [6.45, 7) is 6.08. The molecule has 1 heterocycles. The van der Waals surface area contributed by atoms with Gasteiger partial charge in [0, 0.05) is 16.5 Å². The van der Waals surface area contributed by atoms with E-state index in [2.05, 4.69) is 0 Å². The molecule has 0 saturated carbocycles. The fraction of sp³-hybridized carbons (Fsp3) is 0.211. The van der Waals surface area contributed by atoms with Crippen LogP contribution in [-0.4, -0.2) is 23.7 Å². The fourth-order valence-electron chi connectivity index (χ4n) is 2.78. The number of nitrogens with zero attached hydrogens (tertiary/aromatic N) is 1. The van der Waals surface area contributed by atoms with E-state index in [-0.39, 0.29) is 21.7 Å². The van der Waals surface area contributed by atoms with E-state index in [9.17, 15) is 13.2 Å². The number of fused-ring (bicyclic) bond motifs is 1. The van der Waals surface area contributed by atoms with Crippen LogP contribution in [0.25, 0.3) is 10.9 Å². The quantitative estimate of drug-likeness (QED) is 0.625. The fourth-order valence-corrected chi connectivity index (χ4v) is 4.40. The van der Waals surface area contributed by atoms with Crippen molar-refractivity contribution in [3.8, 4) is 5.88 Å². The van der Waals surface area contributed by atoms with Crippen LogP contribution in [0.3, 0.4) is 0 Å². The van der Waals surface area contributed by atoms with Gasteiger partial charge in [0.25, 0.3) is 10.0 Å². The number of rotatable bonds is 3. The van der Waals surface area contributed by atoms with Gasteiger partial charge in [-0.2, -0.15) is 0 Å². The van der Waals surface area contributed by atoms with E-state index in [0.29, 0.717) is 10.4 Å². The van der Waals surface area contributed by atoms with E-state index >= 15 is 0 Å². The van der Waals surface area contributed by atoms with Crippen molar-refractivity contribution in [1.82, 2.24) is 3.97 Å². The minimum Gasteiger partial charge on any atom is -0.449 e. The molecule has 0 bridgehead atoms. The molecule has 3 aromatic rings. The minimum absolute atomic E-state index is 0.0261. The number of ether oxygens (including phenoxy) is 1. The van der Waals surface area contributed by atoms with Crippen LogP contribution < -0.4 is 4.74 Å². The molecule has 6 nitrogen and oxygen atoms in total. The second-order valence-electron chi connectivity index (χ2n) is 7.10. The maximum absolute atomic E-state index is 13.2. The van der Waals surface area contributed by atoms with Gasteiger partial charge in [-0.3, -0.25) is 0 Å². The Morgan fingerprint density at radius 1 is 1.07 bits per heavy atom. The van der Waals surface area contributed by atoms with Gasteiger partial charge in [-0.25, -0.2) is 17.2 Å². The highest BCUT2D eigenvalue weighted by atomic mass is 35.5. The molecule has 0 spiro atoms. The molecule has 0 aliphatic heterocycles. The van der Waals surface area contributed by atoms with Crippen molar-refractivity contribution in [3.63, 3.8) is 0 Å². The van der Waals surface area contributed by atoms with E-state index in [1.807, 2.05) is 20.8 Å². The predicted molar refractivity (Wildman–Crippen MR) is 103 cm³/mol. The second kappa shape index (κ2) is 6.58. The predicted octanol–water partition coefficient (Wildman–Crippen LogP) is 4.89. The Hall–Kier alpha value is -2.51. The Balaban J connectivity index is 2.21. The van der Waals surface area contributed by atoms with Gasteiger partial charge in [-0.15, -0.1) is 0 Å². The molecule has 0 aliphatic carbocycles. The van der Waals surface area contributed by atoms with Crippen molar-refractivity contribution in [3.05, 3.63) is 59.1 Å². The summed E-state index contributed by atoms with van der Waals surface area (Å²) in [6.07, 6.45) is -1.61. The summed E-state index contributed by atoms with van der Waals surface area (Å²) in [5.74, 6) is -0.320. The van der Waals surface area contributed by atoms with Crippen LogP contribution in [0.5, 0.6) is 5.88 Å². The molecule has 0 unspecified atom stereocenters. The number of hydrogen-bond donors (Lipinski definition) is 1. The van der Waals surface area contributed by atoms with Gasteiger partial charge in [-0.1, -0.05) is 44.5 Å². The SMILES string of the molecule is CC(C)(C)c1ccc(S(=O)(=O)n2c(OC(=O)O)cc3cc(Cl)ccc32)cc1. The van der Waals surface area contributed by atoms with Crippen LogP contribution in [0, 0.1) is 0 Å². The van der Waals surface area contributed by atoms with Crippen molar-refractivity contribution in [1.29, 1.82) is 0 Å². The maximum atomic E-state index is 13.2. The molecule has 0 atom stereocenters. The van der Waals surface area contributed by atoms with Crippen LogP contribution in [0.2, 0.25) is 5.02 Å². The highest BCUT2D eigenvalue weighted by Gasteiger charge is 2.26. The molecule has 1 N–H and O–H groups in total. The zero-order valence-corrected chi connectivity index (χ0v) is 16.5. The van der Waals surface area contributed by atoms with Crippen LogP contribution >= 0.6 is 11.6 Å². The molecular weight excluding hydrogens is 390 g/mol. The third-order valence-corrected chi connectivity index (χ3v) is 6.10. The number of halogens is 1. The highest BCUT2D eigenvalue weighted by Crippen LogP contribution is 2.33. The molecular formula is C19H18ClNO5S. The summed E-state index contributed by atoms with van der Waals surface area (Å²) in [7, 11) is -4.09. The summed E-state index contributed by atoms with van der Waals surface area (Å²) >= 11 is 5.96. The Labute approximate surface area is 162 Å². The van der Waals surface area contributed by atoms with Gasteiger partial charge in [-0.05, 0) is 41.3 Å². The Bertz CT molecular complexity index is 1130. The molecule has 2 aromatic carbocycles. The first-order valence-electron chi connectivity index (χ1n) is 8.08. The third kappa shape index (κ3) is 3.65. The summed E-state index contributed by atoms with van der Waals surface area (Å²) in [4.78, 5) is 11.1. The van der Waals surface area contributed by atoms with Crippen LogP contribution in [0.4, 0.5) is 4.79 Å². The standard InChI is InChI=1S/C19H18ClNO5S/c1-19(2,3)13-4-7-15(8-5-13)27(24,25)21-16-9-6-14(20)10-12(16)11-17(21)26-18(22)23/h4-11H,1-3H3,(H,22,23). The number of carbonyl (C=O) groups is 1. The van der Waals surface area contributed by atoms with Crippen molar-refractivity contribution in [2.24, 2.45) is 0 Å². The Morgan fingerprint density at radius 3 is 2.26 bits per heavy atom. The normalized spacial score (nSPS) is 12.3.